The molecule has 0 fully saturated rings. The van der Waals surface area contributed by atoms with Crippen LogP contribution in [-0.4, -0.2) is 26.4 Å². The molecular formula is C59H81N3O4S. The van der Waals surface area contributed by atoms with E-state index >= 15 is 0 Å². The van der Waals surface area contributed by atoms with Crippen molar-refractivity contribution in [3.8, 4) is 65.4 Å². The fourth-order valence-electron chi connectivity index (χ4n) is 7.44. The van der Waals surface area contributed by atoms with E-state index in [1.807, 2.05) is 26.0 Å². The number of rotatable bonds is 21. The van der Waals surface area contributed by atoms with Gasteiger partial charge in [0.05, 0.1) is 6.61 Å². The summed E-state index contributed by atoms with van der Waals surface area (Å²) in [6.07, 6.45) is 20.9. The van der Waals surface area contributed by atoms with Crippen LogP contribution < -0.4 is 30.4 Å². The Morgan fingerprint density at radius 3 is 1.24 bits per heavy atom. The quantitative estimate of drug-likeness (QED) is 0.0628. The van der Waals surface area contributed by atoms with Gasteiger partial charge in [0, 0.05) is 35.5 Å². The Morgan fingerprint density at radius 2 is 0.881 bits per heavy atom. The van der Waals surface area contributed by atoms with Crippen LogP contribution in [0.4, 0.5) is 0 Å². The lowest BCUT2D eigenvalue weighted by molar-refractivity contribution is 0.312. The summed E-state index contributed by atoms with van der Waals surface area (Å²) in [4.78, 5) is 0. The van der Waals surface area contributed by atoms with Gasteiger partial charge in [0.25, 0.3) is 0 Å². The van der Waals surface area contributed by atoms with Crippen molar-refractivity contribution in [1.29, 1.82) is 5.26 Å². The number of nitrogens with two attached hydrogens (primary N) is 2. The second-order valence-corrected chi connectivity index (χ2v) is 19.1. The van der Waals surface area contributed by atoms with Crippen molar-refractivity contribution in [2.24, 2.45) is 35.1 Å². The average Bonchev–Trinajstić information content (AvgIpc) is 3.26. The van der Waals surface area contributed by atoms with Crippen molar-refractivity contribution in [2.45, 2.75) is 134 Å². The first-order valence-electron chi connectivity index (χ1n) is 23.7. The van der Waals surface area contributed by atoms with Crippen LogP contribution in [0.2, 0.25) is 0 Å². The third-order valence-electron chi connectivity index (χ3n) is 9.84. The molecule has 8 heteroatoms. The number of nitrogens with zero attached hydrogens (tertiary/aromatic N) is 1. The van der Waals surface area contributed by atoms with Gasteiger partial charge < -0.3 is 30.4 Å². The molecule has 0 spiro atoms. The molecule has 4 aromatic carbocycles. The van der Waals surface area contributed by atoms with Crippen LogP contribution in [0.15, 0.2) is 60.7 Å². The van der Waals surface area contributed by atoms with Gasteiger partial charge in [0.2, 0.25) is 0 Å². The predicted molar refractivity (Wildman–Crippen MR) is 286 cm³/mol. The first-order valence-corrected chi connectivity index (χ1v) is 24.6. The molecule has 0 unspecified atom stereocenters. The van der Waals surface area contributed by atoms with Gasteiger partial charge in [-0.3, -0.25) is 0 Å². The van der Waals surface area contributed by atoms with Crippen LogP contribution in [-0.2, 0) is 44.5 Å². The predicted octanol–water partition coefficient (Wildman–Crippen LogP) is 12.9. The molecule has 0 saturated heterocycles. The van der Waals surface area contributed by atoms with Crippen LogP contribution >= 0.6 is 11.8 Å². The second-order valence-electron chi connectivity index (χ2n) is 18.4. The monoisotopic (exact) mass is 928 g/mol. The topological polar surface area (TPSA) is 113 Å². The molecule has 0 amide bonds. The molecule has 7 nitrogen and oxygen atoms in total. The first kappa shape index (κ1) is 59.5. The minimum Gasteiger partial charge on any atom is -0.493 e. The highest BCUT2D eigenvalue weighted by Gasteiger charge is 2.13. The summed E-state index contributed by atoms with van der Waals surface area (Å²) in [6.45, 7) is 28.7. The number of thioether (sulfide) groups is 1. The lowest BCUT2D eigenvalue weighted by Gasteiger charge is -2.15. The number of aryl methyl sites for hydroxylation is 3. The third-order valence-corrected chi connectivity index (χ3v) is 10.4. The molecule has 0 aliphatic heterocycles. The highest BCUT2D eigenvalue weighted by molar-refractivity contribution is 8.02. The Balaban J connectivity index is 0.000000449. The summed E-state index contributed by atoms with van der Waals surface area (Å²) in [7, 11) is 0. The Labute approximate surface area is 411 Å². The molecule has 0 saturated carbocycles. The lowest BCUT2D eigenvalue weighted by Crippen LogP contribution is -2.07. The van der Waals surface area contributed by atoms with Crippen LogP contribution in [0.1, 0.15) is 124 Å². The van der Waals surface area contributed by atoms with Crippen molar-refractivity contribution in [1.82, 2.24) is 0 Å². The van der Waals surface area contributed by atoms with Gasteiger partial charge in [-0.05, 0) is 139 Å². The largest absolute Gasteiger partial charge is 0.493 e. The lowest BCUT2D eigenvalue weighted by atomic mass is 9.98. The SMILES string of the molecule is C#CCOc1c(C)cc(CC(C)C)cc1CN.C#CCOc1c(C)cc(CC(C)C)cc1CSC#N.C#CCOc1ccc(CC(C)C)cc1.CCCOc1c(C)cc(CC(C)C)cc1CN. The minimum atomic E-state index is 0.259. The fourth-order valence-corrected chi connectivity index (χ4v) is 7.88. The van der Waals surface area contributed by atoms with E-state index in [4.69, 9.17) is 54.9 Å². The zero-order chi connectivity index (χ0) is 50.3. The number of nitriles is 1. The van der Waals surface area contributed by atoms with E-state index in [0.717, 1.165) is 89.5 Å². The number of terminal acetylenes is 3. The van der Waals surface area contributed by atoms with Gasteiger partial charge >= 0.3 is 0 Å². The highest BCUT2D eigenvalue weighted by atomic mass is 32.2. The summed E-state index contributed by atoms with van der Waals surface area (Å²) in [6, 6.07) is 21.1. The zero-order valence-corrected chi connectivity index (χ0v) is 43.8. The van der Waals surface area contributed by atoms with E-state index in [1.54, 1.807) is 0 Å². The molecule has 0 aromatic heterocycles. The van der Waals surface area contributed by atoms with Crippen molar-refractivity contribution >= 4 is 11.8 Å². The van der Waals surface area contributed by atoms with Crippen LogP contribution in [0.3, 0.4) is 0 Å². The Morgan fingerprint density at radius 1 is 0.522 bits per heavy atom. The molecule has 0 bridgehead atoms. The summed E-state index contributed by atoms with van der Waals surface area (Å²) < 4.78 is 22.2. The molecule has 4 rings (SSSR count). The van der Waals surface area contributed by atoms with E-state index in [0.29, 0.717) is 49.1 Å². The van der Waals surface area contributed by atoms with E-state index < -0.39 is 0 Å². The summed E-state index contributed by atoms with van der Waals surface area (Å²) in [5.41, 5.74) is 23.5. The molecule has 0 atom stereocenters. The number of hydrogen-bond acceptors (Lipinski definition) is 8. The molecule has 67 heavy (non-hydrogen) atoms. The standard InChI is InChI=1S/C16H19NOS.C15H25NO.C15H21NO.C13H16O/c1-5-6-18-16-13(4)8-14(7-12(2)3)9-15(16)10-19-11-17;2*1-5-6-17-15-12(4)8-13(7-11(2)3)9-14(15)10-16;1-4-9-14-13-7-5-12(6-8-13)10-11(2)3/h1,8-9,12H,6-7,10H2,2-4H3;8-9,11H,5-7,10,16H2,1-4H3;1,8-9,11H,6-7,10,16H2,2-4H3;1,5-8,11H,9-10H2,2-3H3. The van der Waals surface area contributed by atoms with Crippen molar-refractivity contribution in [3.05, 3.63) is 116 Å². The van der Waals surface area contributed by atoms with E-state index in [2.05, 4.69) is 141 Å². The van der Waals surface area contributed by atoms with Gasteiger partial charge in [-0.1, -0.05) is 129 Å². The van der Waals surface area contributed by atoms with Crippen LogP contribution in [0.5, 0.6) is 23.0 Å². The van der Waals surface area contributed by atoms with Gasteiger partial charge in [0.15, 0.2) is 0 Å². The van der Waals surface area contributed by atoms with Gasteiger partial charge in [0.1, 0.15) is 48.2 Å². The zero-order valence-electron chi connectivity index (χ0n) is 42.9. The maximum atomic E-state index is 8.72. The van der Waals surface area contributed by atoms with Crippen molar-refractivity contribution in [3.63, 3.8) is 0 Å². The number of thiocyanates is 1. The van der Waals surface area contributed by atoms with Gasteiger partial charge in [-0.2, -0.15) is 5.26 Å². The highest BCUT2D eigenvalue weighted by Crippen LogP contribution is 2.31. The number of ether oxygens (including phenoxy) is 4. The first-order chi connectivity index (χ1) is 32.0. The van der Waals surface area contributed by atoms with Crippen LogP contribution in [0, 0.1) is 92.1 Å². The second kappa shape index (κ2) is 33.9. The molecule has 0 heterocycles. The molecule has 0 radical (unpaired) electrons. The minimum absolute atomic E-state index is 0.259. The fraction of sp³-hybridized carbons (Fsp3) is 0.475. The summed E-state index contributed by atoms with van der Waals surface area (Å²) in [5, 5.41) is 10.8. The van der Waals surface area contributed by atoms with E-state index in [1.165, 1.54) is 39.6 Å². The smallest absolute Gasteiger partial charge is 0.148 e. The normalized spacial score (nSPS) is 10.3. The summed E-state index contributed by atoms with van der Waals surface area (Å²) >= 11 is 1.22. The molecule has 362 valence electrons. The summed E-state index contributed by atoms with van der Waals surface area (Å²) in [5.74, 6) is 14.1. The van der Waals surface area contributed by atoms with Gasteiger partial charge in [-0.15, -0.1) is 19.3 Å². The molecule has 0 aliphatic rings. The average molecular weight is 928 g/mol. The maximum Gasteiger partial charge on any atom is 0.148 e. The van der Waals surface area contributed by atoms with Crippen molar-refractivity contribution < 1.29 is 18.9 Å². The Bertz CT molecular complexity index is 2220. The van der Waals surface area contributed by atoms with Gasteiger partial charge in [-0.25, -0.2) is 0 Å². The molecule has 0 aliphatic carbocycles. The van der Waals surface area contributed by atoms with E-state index in [-0.39, 0.29) is 13.2 Å². The Kier molecular flexibility index (Phi) is 30.1. The molecule has 4 aromatic rings. The van der Waals surface area contributed by atoms with Crippen LogP contribution in [0.25, 0.3) is 0 Å². The number of benzene rings is 4. The third kappa shape index (κ3) is 24.2. The van der Waals surface area contributed by atoms with Crippen molar-refractivity contribution in [2.75, 3.05) is 26.4 Å². The molecular weight excluding hydrogens is 847 g/mol. The number of hydrogen-bond donors (Lipinski definition) is 2. The maximum absolute atomic E-state index is 8.72. The Hall–Kier alpha value is -5.48. The molecule has 4 N–H and O–H groups in total. The van der Waals surface area contributed by atoms with E-state index in [9.17, 15) is 0 Å².